The molecule has 1 N–H and O–H groups in total. The Hall–Kier alpha value is -1.69. The average Bonchev–Trinajstić information content (AvgIpc) is 2.48. The van der Waals surface area contributed by atoms with Crippen molar-refractivity contribution in [3.05, 3.63) is 64.7 Å². The van der Waals surface area contributed by atoms with Crippen molar-refractivity contribution in [2.75, 3.05) is 6.61 Å². The van der Waals surface area contributed by atoms with Crippen molar-refractivity contribution in [3.8, 4) is 11.8 Å². The number of hydrogen-bond acceptors (Lipinski definition) is 2. The fourth-order valence-corrected chi connectivity index (χ4v) is 2.99. The number of hydrogen-bond donors (Lipinski definition) is 1. The largest absolute Gasteiger partial charge is 0.395 e. The molecule has 0 aliphatic rings. The Morgan fingerprint density at radius 1 is 1.05 bits per heavy atom. The summed E-state index contributed by atoms with van der Waals surface area (Å²) in [5.74, 6) is 6.95. The van der Waals surface area contributed by atoms with E-state index in [0.717, 1.165) is 11.3 Å². The molecule has 0 saturated carbocycles. The van der Waals surface area contributed by atoms with Crippen molar-refractivity contribution in [3.63, 3.8) is 0 Å². The first-order valence-corrected chi connectivity index (χ1v) is 8.06. The monoisotopic (exact) mass is 296 g/mol. The maximum Gasteiger partial charge on any atom is 0.0540 e. The van der Waals surface area contributed by atoms with E-state index in [9.17, 15) is 0 Å². The summed E-state index contributed by atoms with van der Waals surface area (Å²) in [4.78, 5) is 1.34. The molecule has 0 bridgehead atoms. The third-order valence-electron chi connectivity index (χ3n) is 3.15. The topological polar surface area (TPSA) is 20.2 Å². The summed E-state index contributed by atoms with van der Waals surface area (Å²) in [6, 6.07) is 14.9. The summed E-state index contributed by atoms with van der Waals surface area (Å²) in [5, 5.41) is 8.70. The van der Waals surface area contributed by atoms with Crippen LogP contribution in [0, 0.1) is 25.7 Å². The van der Waals surface area contributed by atoms with Gasteiger partial charge in [-0.15, -0.1) is 11.8 Å². The Labute approximate surface area is 131 Å². The lowest BCUT2D eigenvalue weighted by atomic mass is 10.1. The van der Waals surface area contributed by atoms with Gasteiger partial charge >= 0.3 is 0 Å². The lowest BCUT2D eigenvalue weighted by Gasteiger charge is -2.06. The van der Waals surface area contributed by atoms with Crippen molar-refractivity contribution in [2.24, 2.45) is 0 Å². The lowest BCUT2D eigenvalue weighted by Crippen LogP contribution is -1.85. The highest BCUT2D eigenvalue weighted by Crippen LogP contribution is 2.26. The Balaban J connectivity index is 1.96. The fourth-order valence-electron chi connectivity index (χ4n) is 2.03. The van der Waals surface area contributed by atoms with Gasteiger partial charge in [-0.2, -0.15) is 0 Å². The zero-order valence-corrected chi connectivity index (χ0v) is 13.3. The zero-order chi connectivity index (χ0) is 15.1. The highest BCUT2D eigenvalue weighted by molar-refractivity contribution is 7.98. The summed E-state index contributed by atoms with van der Waals surface area (Å²) in [7, 11) is 0. The van der Waals surface area contributed by atoms with Gasteiger partial charge in [0.1, 0.15) is 0 Å². The van der Waals surface area contributed by atoms with E-state index in [1.165, 1.54) is 21.6 Å². The minimum absolute atomic E-state index is 0.123. The van der Waals surface area contributed by atoms with Gasteiger partial charge in [-0.3, -0.25) is 0 Å². The predicted octanol–water partition coefficient (Wildman–Crippen LogP) is 4.33. The highest BCUT2D eigenvalue weighted by atomic mass is 32.2. The van der Waals surface area contributed by atoms with Crippen LogP contribution < -0.4 is 0 Å². The molecule has 0 atom stereocenters. The zero-order valence-electron chi connectivity index (χ0n) is 12.5. The van der Waals surface area contributed by atoms with E-state index in [1.54, 1.807) is 0 Å². The van der Waals surface area contributed by atoms with Crippen molar-refractivity contribution < 1.29 is 5.11 Å². The van der Waals surface area contributed by atoms with Gasteiger partial charge in [0, 0.05) is 22.6 Å². The number of aliphatic hydroxyl groups excluding tert-OH is 1. The standard InChI is InChI=1S/C19H20OS/c1-15-6-11-19(16(2)13-15)21-14-18-9-7-17(8-10-18)5-3-4-12-20/h6-11,13,20H,4,12,14H2,1-2H3. The van der Waals surface area contributed by atoms with E-state index in [1.807, 2.05) is 23.9 Å². The molecule has 0 fully saturated rings. The van der Waals surface area contributed by atoms with Crippen molar-refractivity contribution in [1.82, 2.24) is 0 Å². The van der Waals surface area contributed by atoms with Crippen molar-refractivity contribution in [1.29, 1.82) is 0 Å². The molecule has 0 aromatic heterocycles. The Morgan fingerprint density at radius 2 is 1.81 bits per heavy atom. The van der Waals surface area contributed by atoms with E-state index in [-0.39, 0.29) is 6.61 Å². The lowest BCUT2D eigenvalue weighted by molar-refractivity contribution is 0.305. The number of benzene rings is 2. The van der Waals surface area contributed by atoms with Gasteiger partial charge in [0.2, 0.25) is 0 Å². The number of rotatable bonds is 4. The summed E-state index contributed by atoms with van der Waals surface area (Å²) < 4.78 is 0. The molecule has 0 aliphatic carbocycles. The normalized spacial score (nSPS) is 10.0. The molecular weight excluding hydrogens is 276 g/mol. The Kier molecular flexibility index (Phi) is 5.92. The molecule has 2 heteroatoms. The summed E-state index contributed by atoms with van der Waals surface area (Å²) in [6.45, 7) is 4.41. The number of aryl methyl sites for hydroxylation is 2. The van der Waals surface area contributed by atoms with Gasteiger partial charge in [-0.1, -0.05) is 41.7 Å². The molecule has 2 aromatic rings. The third kappa shape index (κ3) is 4.97. The first kappa shape index (κ1) is 15.7. The van der Waals surface area contributed by atoms with Crippen LogP contribution >= 0.6 is 11.8 Å². The van der Waals surface area contributed by atoms with Crippen molar-refractivity contribution in [2.45, 2.75) is 30.9 Å². The van der Waals surface area contributed by atoms with E-state index >= 15 is 0 Å². The first-order chi connectivity index (χ1) is 10.2. The molecule has 0 spiro atoms. The van der Waals surface area contributed by atoms with Crippen LogP contribution in [0.15, 0.2) is 47.4 Å². The fraction of sp³-hybridized carbons (Fsp3) is 0.263. The van der Waals surface area contributed by atoms with Gasteiger partial charge in [0.15, 0.2) is 0 Å². The second-order valence-corrected chi connectivity index (χ2v) is 6.05. The van der Waals surface area contributed by atoms with Gasteiger partial charge in [-0.25, -0.2) is 0 Å². The van der Waals surface area contributed by atoms with Crippen molar-refractivity contribution >= 4 is 11.8 Å². The Bertz CT molecular complexity index is 648. The molecule has 108 valence electrons. The summed E-state index contributed by atoms with van der Waals surface area (Å²) in [5.41, 5.74) is 4.95. The SMILES string of the molecule is Cc1ccc(SCc2ccc(C#CCCO)cc2)c(C)c1. The molecule has 0 amide bonds. The molecule has 0 unspecified atom stereocenters. The quantitative estimate of drug-likeness (QED) is 0.669. The van der Waals surface area contributed by atoms with Crippen LogP contribution in [-0.4, -0.2) is 11.7 Å². The molecule has 2 rings (SSSR count). The molecule has 0 saturated heterocycles. The van der Waals surface area contributed by atoms with Crippen LogP contribution in [0.4, 0.5) is 0 Å². The van der Waals surface area contributed by atoms with Crippen LogP contribution in [0.5, 0.6) is 0 Å². The van der Waals surface area contributed by atoms with Crippen LogP contribution in [0.1, 0.15) is 28.7 Å². The molecular formula is C19H20OS. The minimum Gasteiger partial charge on any atom is -0.395 e. The molecule has 21 heavy (non-hydrogen) atoms. The maximum absolute atomic E-state index is 8.70. The first-order valence-electron chi connectivity index (χ1n) is 7.08. The summed E-state index contributed by atoms with van der Waals surface area (Å²) in [6.07, 6.45) is 0.532. The van der Waals surface area contributed by atoms with E-state index in [4.69, 9.17) is 5.11 Å². The van der Waals surface area contributed by atoms with Crippen LogP contribution in [0.25, 0.3) is 0 Å². The Morgan fingerprint density at radius 3 is 2.48 bits per heavy atom. The summed E-state index contributed by atoms with van der Waals surface area (Å²) >= 11 is 1.87. The van der Waals surface area contributed by atoms with Gasteiger partial charge in [0.05, 0.1) is 6.61 Å². The number of aliphatic hydroxyl groups is 1. The van der Waals surface area contributed by atoms with Crippen LogP contribution in [-0.2, 0) is 5.75 Å². The smallest absolute Gasteiger partial charge is 0.0540 e. The maximum atomic E-state index is 8.70. The van der Waals surface area contributed by atoms with Crippen LogP contribution in [0.3, 0.4) is 0 Å². The second kappa shape index (κ2) is 7.93. The minimum atomic E-state index is 0.123. The third-order valence-corrected chi connectivity index (χ3v) is 4.39. The van der Waals surface area contributed by atoms with E-state index in [2.05, 4.69) is 56.0 Å². The molecule has 0 radical (unpaired) electrons. The molecule has 2 aromatic carbocycles. The predicted molar refractivity (Wildman–Crippen MR) is 90.5 cm³/mol. The van der Waals surface area contributed by atoms with E-state index in [0.29, 0.717) is 6.42 Å². The highest BCUT2D eigenvalue weighted by Gasteiger charge is 2.00. The number of thioether (sulfide) groups is 1. The van der Waals surface area contributed by atoms with Crippen LogP contribution in [0.2, 0.25) is 0 Å². The molecule has 0 aliphatic heterocycles. The average molecular weight is 296 g/mol. The van der Waals surface area contributed by atoms with E-state index < -0.39 is 0 Å². The van der Waals surface area contributed by atoms with Gasteiger partial charge < -0.3 is 5.11 Å². The second-order valence-electron chi connectivity index (χ2n) is 5.03. The molecule has 1 nitrogen and oxygen atoms in total. The van der Waals surface area contributed by atoms with Gasteiger partial charge in [0.25, 0.3) is 0 Å². The van der Waals surface area contributed by atoms with Gasteiger partial charge in [-0.05, 0) is 43.2 Å². The molecule has 0 heterocycles.